The van der Waals surface area contributed by atoms with Gasteiger partial charge in [0, 0.05) is 23.1 Å². The highest BCUT2D eigenvalue weighted by Gasteiger charge is 2.29. The van der Waals surface area contributed by atoms with Gasteiger partial charge in [0.15, 0.2) is 0 Å². The summed E-state index contributed by atoms with van der Waals surface area (Å²) in [7, 11) is -6.62. The van der Waals surface area contributed by atoms with E-state index in [0.717, 1.165) is 23.6 Å². The predicted molar refractivity (Wildman–Crippen MR) is 152 cm³/mol. The Bertz CT molecular complexity index is 1560. The van der Waals surface area contributed by atoms with Crippen LogP contribution in [0.5, 0.6) is 5.75 Å². The Hall–Kier alpha value is -2.83. The third kappa shape index (κ3) is 6.67. The van der Waals surface area contributed by atoms with Gasteiger partial charge in [-0.25, -0.2) is 16.8 Å². The lowest BCUT2D eigenvalue weighted by atomic mass is 10.2. The van der Waals surface area contributed by atoms with Gasteiger partial charge >= 0.3 is 0 Å². The fraction of sp³-hybridized carbons (Fsp3) is 0.269. The first-order valence-corrected chi connectivity index (χ1v) is 15.7. The lowest BCUT2D eigenvalue weighted by Crippen LogP contribution is -2.38. The van der Waals surface area contributed by atoms with Gasteiger partial charge in [-0.05, 0) is 73.5 Å². The highest BCUT2D eigenvalue weighted by molar-refractivity contribution is 7.92. The topological polar surface area (TPSA) is 113 Å². The molecule has 0 saturated carbocycles. The van der Waals surface area contributed by atoms with E-state index in [2.05, 4.69) is 5.32 Å². The van der Waals surface area contributed by atoms with E-state index < -0.39 is 32.5 Å². The lowest BCUT2D eigenvalue weighted by molar-refractivity contribution is -0.114. The molecule has 13 heteroatoms. The number of piperidine rings is 1. The van der Waals surface area contributed by atoms with Crippen LogP contribution in [0.25, 0.3) is 0 Å². The number of nitrogens with one attached hydrogen (secondary N) is 1. The summed E-state index contributed by atoms with van der Waals surface area (Å²) < 4.78 is 61.2. The first-order chi connectivity index (χ1) is 18.5. The molecule has 0 atom stereocenters. The average molecular weight is 613 g/mol. The molecule has 1 aliphatic rings. The molecular weight excluding hydrogens is 585 g/mol. The second-order valence-electron chi connectivity index (χ2n) is 8.82. The van der Waals surface area contributed by atoms with Crippen molar-refractivity contribution in [2.45, 2.75) is 29.1 Å². The molecular formula is C26H27Cl2N3O6S2. The van der Waals surface area contributed by atoms with Gasteiger partial charge < -0.3 is 10.1 Å². The minimum Gasteiger partial charge on any atom is -0.495 e. The van der Waals surface area contributed by atoms with Crippen LogP contribution < -0.4 is 14.4 Å². The number of carbonyl (C=O) groups is 1. The number of amides is 1. The van der Waals surface area contributed by atoms with Crippen molar-refractivity contribution in [2.75, 3.05) is 36.4 Å². The van der Waals surface area contributed by atoms with Gasteiger partial charge in [-0.2, -0.15) is 4.31 Å². The van der Waals surface area contributed by atoms with Crippen molar-refractivity contribution < 1.29 is 26.4 Å². The number of carbonyl (C=O) groups excluding carboxylic acids is 1. The largest absolute Gasteiger partial charge is 0.495 e. The minimum atomic E-state index is -4.22. The summed E-state index contributed by atoms with van der Waals surface area (Å²) in [6, 6.07) is 15.8. The number of sulfonamides is 2. The summed E-state index contributed by atoms with van der Waals surface area (Å²) in [5.41, 5.74) is 0.261. The summed E-state index contributed by atoms with van der Waals surface area (Å²) in [4.78, 5) is 13.2. The highest BCUT2D eigenvalue weighted by atomic mass is 35.5. The van der Waals surface area contributed by atoms with Gasteiger partial charge in [-0.15, -0.1) is 0 Å². The molecule has 1 aliphatic heterocycles. The van der Waals surface area contributed by atoms with E-state index in [1.807, 2.05) is 0 Å². The zero-order valence-corrected chi connectivity index (χ0v) is 24.2. The van der Waals surface area contributed by atoms with Crippen LogP contribution >= 0.6 is 23.2 Å². The Kier molecular flexibility index (Phi) is 9.07. The van der Waals surface area contributed by atoms with E-state index in [9.17, 15) is 21.6 Å². The van der Waals surface area contributed by atoms with Gasteiger partial charge in [0.25, 0.3) is 10.0 Å². The molecule has 1 heterocycles. The maximum absolute atomic E-state index is 13.6. The third-order valence-electron chi connectivity index (χ3n) is 6.18. The number of ether oxygens (including phenoxy) is 1. The summed E-state index contributed by atoms with van der Waals surface area (Å²) in [5, 5.41) is 3.25. The van der Waals surface area contributed by atoms with Crippen LogP contribution in [0.1, 0.15) is 19.3 Å². The van der Waals surface area contributed by atoms with Crippen LogP contribution in [0, 0.1) is 0 Å². The minimum absolute atomic E-state index is 0.000910. The molecule has 0 aromatic heterocycles. The molecule has 0 bridgehead atoms. The number of methoxy groups -OCH3 is 1. The number of benzene rings is 3. The number of anilines is 2. The van der Waals surface area contributed by atoms with Crippen molar-refractivity contribution in [3.63, 3.8) is 0 Å². The van der Waals surface area contributed by atoms with Crippen molar-refractivity contribution in [3.8, 4) is 5.75 Å². The normalized spacial score (nSPS) is 14.5. The Morgan fingerprint density at radius 1 is 0.897 bits per heavy atom. The van der Waals surface area contributed by atoms with Crippen molar-refractivity contribution in [2.24, 2.45) is 0 Å². The number of halogens is 2. The smallest absolute Gasteiger partial charge is 0.264 e. The van der Waals surface area contributed by atoms with Crippen LogP contribution in [0.3, 0.4) is 0 Å². The summed E-state index contributed by atoms with van der Waals surface area (Å²) in [6.45, 7) is 0.220. The second-order valence-corrected chi connectivity index (χ2v) is 13.5. The zero-order chi connectivity index (χ0) is 28.2. The molecule has 1 fully saturated rings. The van der Waals surface area contributed by atoms with E-state index in [-0.39, 0.29) is 31.9 Å². The molecule has 0 radical (unpaired) electrons. The van der Waals surface area contributed by atoms with E-state index in [4.69, 9.17) is 27.9 Å². The van der Waals surface area contributed by atoms with E-state index in [1.165, 1.54) is 66.0 Å². The van der Waals surface area contributed by atoms with Gasteiger partial charge in [-0.1, -0.05) is 35.7 Å². The molecule has 208 valence electrons. The van der Waals surface area contributed by atoms with Crippen molar-refractivity contribution in [1.82, 2.24) is 4.31 Å². The molecule has 3 aromatic rings. The zero-order valence-electron chi connectivity index (χ0n) is 21.0. The Labute approximate surface area is 238 Å². The molecule has 39 heavy (non-hydrogen) atoms. The molecule has 0 aliphatic carbocycles. The molecule has 1 saturated heterocycles. The van der Waals surface area contributed by atoms with Crippen molar-refractivity contribution >= 4 is 60.5 Å². The number of hydrogen-bond donors (Lipinski definition) is 1. The number of nitrogens with zero attached hydrogens (tertiary/aromatic N) is 2. The van der Waals surface area contributed by atoms with Gasteiger partial charge in [0.1, 0.15) is 12.3 Å². The quantitative estimate of drug-likeness (QED) is 0.364. The number of rotatable bonds is 9. The average Bonchev–Trinajstić information content (AvgIpc) is 2.92. The van der Waals surface area contributed by atoms with Crippen molar-refractivity contribution in [1.29, 1.82) is 0 Å². The fourth-order valence-electron chi connectivity index (χ4n) is 4.20. The summed E-state index contributed by atoms with van der Waals surface area (Å²) in [5.74, 6) is -0.505. The Morgan fingerprint density at radius 2 is 1.56 bits per heavy atom. The molecule has 0 spiro atoms. The Balaban J connectivity index is 1.65. The summed E-state index contributed by atoms with van der Waals surface area (Å²) >= 11 is 12.0. The van der Waals surface area contributed by atoms with E-state index >= 15 is 0 Å². The standard InChI is InChI=1S/C26H27Cl2N3O6S2/c1-37-25-13-12-23(38(33,34)30-14-3-2-4-15-30)17-24(25)29-26(32)18-31(21-7-5-6-20(28)16-21)39(35,36)22-10-8-19(27)9-11-22/h5-13,16-17H,2-4,14-15,18H2,1H3,(H,29,32). The maximum atomic E-state index is 13.6. The van der Waals surface area contributed by atoms with Crippen LogP contribution in [-0.4, -0.2) is 53.8 Å². The lowest BCUT2D eigenvalue weighted by Gasteiger charge is -2.26. The molecule has 1 N–H and O–H groups in total. The fourth-order valence-corrected chi connectivity index (χ4v) is 7.47. The number of hydrogen-bond acceptors (Lipinski definition) is 6. The van der Waals surface area contributed by atoms with Gasteiger partial charge in [0.2, 0.25) is 15.9 Å². The summed E-state index contributed by atoms with van der Waals surface area (Å²) in [6.07, 6.45) is 2.53. The van der Waals surface area contributed by atoms with Crippen molar-refractivity contribution in [3.05, 3.63) is 76.8 Å². The van der Waals surface area contributed by atoms with E-state index in [0.29, 0.717) is 18.1 Å². The van der Waals surface area contributed by atoms with Crippen LogP contribution in [-0.2, 0) is 24.8 Å². The molecule has 0 unspecified atom stereocenters. The highest BCUT2D eigenvalue weighted by Crippen LogP contribution is 2.31. The molecule has 4 rings (SSSR count). The van der Waals surface area contributed by atoms with Crippen LogP contribution in [0.15, 0.2) is 76.5 Å². The monoisotopic (exact) mass is 611 g/mol. The van der Waals surface area contributed by atoms with E-state index in [1.54, 1.807) is 12.1 Å². The van der Waals surface area contributed by atoms with Crippen LogP contribution in [0.4, 0.5) is 11.4 Å². The molecule has 3 aromatic carbocycles. The third-order valence-corrected chi connectivity index (χ3v) is 10.4. The molecule has 1 amide bonds. The SMILES string of the molecule is COc1ccc(S(=O)(=O)N2CCCCC2)cc1NC(=O)CN(c1cccc(Cl)c1)S(=O)(=O)c1ccc(Cl)cc1. The van der Waals surface area contributed by atoms with Gasteiger partial charge in [0.05, 0.1) is 28.3 Å². The van der Waals surface area contributed by atoms with Crippen LogP contribution in [0.2, 0.25) is 10.0 Å². The maximum Gasteiger partial charge on any atom is 0.264 e. The first-order valence-electron chi connectivity index (χ1n) is 12.0. The predicted octanol–water partition coefficient (Wildman–Crippen LogP) is 5.01. The Morgan fingerprint density at radius 3 is 2.21 bits per heavy atom. The second kappa shape index (κ2) is 12.1. The first kappa shape index (κ1) is 29.2. The molecule has 9 nitrogen and oxygen atoms in total. The van der Waals surface area contributed by atoms with Gasteiger partial charge in [-0.3, -0.25) is 9.10 Å².